The number of nitrogens with zero attached hydrogens (tertiary/aromatic N) is 4. The summed E-state index contributed by atoms with van der Waals surface area (Å²) in [7, 11) is 1.32. The molecule has 1 aromatic heterocycles. The summed E-state index contributed by atoms with van der Waals surface area (Å²) in [4.78, 5) is 14.4. The fourth-order valence-electron chi connectivity index (χ4n) is 6.04. The molecule has 1 atom stereocenters. The minimum absolute atomic E-state index is 0.0444. The lowest BCUT2D eigenvalue weighted by atomic mass is 9.68. The molecule has 1 aliphatic carbocycles. The van der Waals surface area contributed by atoms with E-state index in [0.717, 1.165) is 22.3 Å². The molecule has 0 saturated heterocycles. The molecule has 4 aromatic carbocycles. The third-order valence-electron chi connectivity index (χ3n) is 8.09. The van der Waals surface area contributed by atoms with Gasteiger partial charge in [-0.25, -0.2) is 4.79 Å². The van der Waals surface area contributed by atoms with E-state index >= 15 is 0 Å². The topological polar surface area (TPSA) is 90.1 Å². The molecule has 1 unspecified atom stereocenters. The molecule has 204 valence electrons. The Bertz CT molecular complexity index is 1570. The fraction of sp³-hybridized carbons (Fsp3) is 0.176. The first-order valence-corrected chi connectivity index (χ1v) is 13.6. The molecule has 0 aliphatic heterocycles. The van der Waals surface area contributed by atoms with Crippen LogP contribution >= 0.6 is 0 Å². The Labute approximate surface area is 238 Å². The molecule has 6 rings (SSSR count). The van der Waals surface area contributed by atoms with Gasteiger partial charge in [0.15, 0.2) is 11.4 Å². The second-order valence-corrected chi connectivity index (χ2v) is 10.3. The smallest absolute Gasteiger partial charge is 0.337 e. The molecular formula is C34H30N4O3. The van der Waals surface area contributed by atoms with Gasteiger partial charge in [0.25, 0.3) is 0 Å². The number of hydrogen-bond donors (Lipinski definition) is 1. The maximum absolute atomic E-state index is 12.7. The van der Waals surface area contributed by atoms with Crippen LogP contribution in [0.2, 0.25) is 0 Å². The molecule has 41 heavy (non-hydrogen) atoms. The molecular weight excluding hydrogens is 512 g/mol. The van der Waals surface area contributed by atoms with Crippen molar-refractivity contribution in [3.63, 3.8) is 0 Å². The third kappa shape index (κ3) is 4.39. The molecule has 7 heteroatoms. The van der Waals surface area contributed by atoms with Crippen molar-refractivity contribution in [2.24, 2.45) is 0 Å². The normalized spacial score (nSPS) is 17.3. The van der Waals surface area contributed by atoms with E-state index in [0.29, 0.717) is 12.2 Å². The van der Waals surface area contributed by atoms with Crippen LogP contribution < -0.4 is 0 Å². The van der Waals surface area contributed by atoms with Crippen LogP contribution in [0, 0.1) is 0 Å². The zero-order valence-corrected chi connectivity index (χ0v) is 22.7. The van der Waals surface area contributed by atoms with Crippen LogP contribution in [0.5, 0.6) is 0 Å². The van der Waals surface area contributed by atoms with Gasteiger partial charge in [-0.2, -0.15) is 0 Å². The van der Waals surface area contributed by atoms with Crippen LogP contribution in [0.1, 0.15) is 47.3 Å². The standard InChI is InChI=1S/C34H30N4O3/c1-41-31(40)29-24-33(23-22-30(29)39,25-14-6-2-7-15-25)32-35-37-38(36-32)34(26-16-8-3-9-17-26,27-18-10-4-11-19-27)28-20-12-5-13-21-28/h2-21,39H,22-24H2,1H3. The van der Waals surface area contributed by atoms with Gasteiger partial charge in [-0.3, -0.25) is 0 Å². The lowest BCUT2D eigenvalue weighted by molar-refractivity contribution is -0.136. The predicted octanol–water partition coefficient (Wildman–Crippen LogP) is 5.97. The lowest BCUT2D eigenvalue weighted by Gasteiger charge is -2.36. The average molecular weight is 543 g/mol. The molecule has 0 saturated carbocycles. The number of allylic oxidation sites excluding steroid dienone is 1. The number of benzene rings is 4. The highest BCUT2D eigenvalue weighted by atomic mass is 16.5. The molecule has 1 heterocycles. The van der Waals surface area contributed by atoms with Gasteiger partial charge in [0.1, 0.15) is 5.76 Å². The average Bonchev–Trinajstić information content (AvgIpc) is 3.55. The first-order valence-electron chi connectivity index (χ1n) is 13.6. The minimum Gasteiger partial charge on any atom is -0.512 e. The summed E-state index contributed by atoms with van der Waals surface area (Å²) in [6, 6.07) is 40.4. The van der Waals surface area contributed by atoms with Crippen LogP contribution in [0.4, 0.5) is 0 Å². The summed E-state index contributed by atoms with van der Waals surface area (Å²) in [6.45, 7) is 0. The Morgan fingerprint density at radius 3 is 1.78 bits per heavy atom. The van der Waals surface area contributed by atoms with E-state index in [1.165, 1.54) is 7.11 Å². The molecule has 0 fully saturated rings. The van der Waals surface area contributed by atoms with Crippen LogP contribution in [-0.4, -0.2) is 38.4 Å². The summed E-state index contributed by atoms with van der Waals surface area (Å²) in [5, 5.41) is 25.3. The van der Waals surface area contributed by atoms with E-state index < -0.39 is 16.9 Å². The van der Waals surface area contributed by atoms with Gasteiger partial charge in [0.2, 0.25) is 0 Å². The van der Waals surface area contributed by atoms with Crippen LogP contribution in [0.3, 0.4) is 0 Å². The molecule has 0 spiro atoms. The predicted molar refractivity (Wildman–Crippen MR) is 155 cm³/mol. The molecule has 0 amide bonds. The summed E-state index contributed by atoms with van der Waals surface area (Å²) >= 11 is 0. The van der Waals surface area contributed by atoms with Gasteiger partial charge < -0.3 is 9.84 Å². The maximum atomic E-state index is 12.7. The zero-order chi connectivity index (χ0) is 28.3. The van der Waals surface area contributed by atoms with E-state index in [2.05, 4.69) is 36.4 Å². The quantitative estimate of drug-likeness (QED) is 0.201. The van der Waals surface area contributed by atoms with Gasteiger partial charge in [-0.05, 0) is 40.3 Å². The minimum atomic E-state index is -0.926. The number of aliphatic hydroxyl groups excluding tert-OH is 1. The number of aliphatic hydroxyl groups is 1. The Morgan fingerprint density at radius 1 is 0.805 bits per heavy atom. The first-order chi connectivity index (χ1) is 20.1. The third-order valence-corrected chi connectivity index (χ3v) is 8.09. The van der Waals surface area contributed by atoms with Crippen molar-refractivity contribution in [2.45, 2.75) is 30.2 Å². The summed E-state index contributed by atoms with van der Waals surface area (Å²) < 4.78 is 5.04. The monoisotopic (exact) mass is 542 g/mol. The van der Waals surface area contributed by atoms with Crippen LogP contribution in [0.25, 0.3) is 0 Å². The van der Waals surface area contributed by atoms with Crippen molar-refractivity contribution < 1.29 is 14.6 Å². The van der Waals surface area contributed by atoms with Gasteiger partial charge in [0, 0.05) is 6.42 Å². The number of aromatic nitrogens is 4. The highest BCUT2D eigenvalue weighted by Crippen LogP contribution is 2.46. The number of carbonyl (C=O) groups excluding carboxylic acids is 1. The van der Waals surface area contributed by atoms with E-state index in [4.69, 9.17) is 20.1 Å². The van der Waals surface area contributed by atoms with Gasteiger partial charge in [-0.1, -0.05) is 121 Å². The highest BCUT2D eigenvalue weighted by molar-refractivity contribution is 5.89. The summed E-state index contributed by atoms with van der Waals surface area (Å²) in [5.74, 6) is -0.0325. The lowest BCUT2D eigenvalue weighted by Crippen LogP contribution is -2.40. The van der Waals surface area contributed by atoms with E-state index in [1.807, 2.05) is 84.9 Å². The van der Waals surface area contributed by atoms with E-state index in [1.54, 1.807) is 4.80 Å². The molecule has 0 radical (unpaired) electrons. The van der Waals surface area contributed by atoms with E-state index in [9.17, 15) is 9.90 Å². The van der Waals surface area contributed by atoms with E-state index in [-0.39, 0.29) is 24.2 Å². The SMILES string of the molecule is COC(=O)C1=C(O)CCC(c2ccccc2)(c2nnn(C(c3ccccc3)(c3ccccc3)c3ccccc3)n2)C1. The molecule has 1 aliphatic rings. The zero-order valence-electron chi connectivity index (χ0n) is 22.7. The molecule has 0 bridgehead atoms. The van der Waals surface area contributed by atoms with Crippen molar-refractivity contribution in [2.75, 3.05) is 7.11 Å². The van der Waals surface area contributed by atoms with Gasteiger partial charge >= 0.3 is 5.97 Å². The van der Waals surface area contributed by atoms with Crippen molar-refractivity contribution in [1.82, 2.24) is 20.2 Å². The second-order valence-electron chi connectivity index (χ2n) is 10.3. The van der Waals surface area contributed by atoms with Gasteiger partial charge in [-0.15, -0.1) is 15.0 Å². The summed E-state index contributed by atoms with van der Waals surface area (Å²) in [5.41, 5.74) is 2.39. The number of hydrogen-bond acceptors (Lipinski definition) is 6. The highest BCUT2D eigenvalue weighted by Gasteiger charge is 2.47. The Balaban J connectivity index is 1.61. The summed E-state index contributed by atoms with van der Waals surface area (Å²) in [6.07, 6.45) is 0.981. The Hall–Kier alpha value is -5.04. The Morgan fingerprint density at radius 2 is 1.29 bits per heavy atom. The Kier molecular flexibility index (Phi) is 6.93. The number of rotatable bonds is 7. The van der Waals surface area contributed by atoms with Crippen LogP contribution in [-0.2, 0) is 20.5 Å². The van der Waals surface area contributed by atoms with Crippen molar-refractivity contribution in [1.29, 1.82) is 0 Å². The van der Waals surface area contributed by atoms with Crippen molar-refractivity contribution in [3.05, 3.63) is 161 Å². The largest absolute Gasteiger partial charge is 0.512 e. The van der Waals surface area contributed by atoms with Crippen LogP contribution in [0.15, 0.2) is 133 Å². The molecule has 5 aromatic rings. The number of ether oxygens (including phenoxy) is 1. The first kappa shape index (κ1) is 26.2. The molecule has 1 N–H and O–H groups in total. The van der Waals surface area contributed by atoms with Crippen molar-refractivity contribution >= 4 is 5.97 Å². The second kappa shape index (κ2) is 10.8. The fourth-order valence-corrected chi connectivity index (χ4v) is 6.04. The maximum Gasteiger partial charge on any atom is 0.337 e. The molecule has 7 nitrogen and oxygen atoms in total. The number of carbonyl (C=O) groups is 1. The number of esters is 1. The van der Waals surface area contributed by atoms with Crippen molar-refractivity contribution in [3.8, 4) is 0 Å². The number of methoxy groups -OCH3 is 1. The van der Waals surface area contributed by atoms with Gasteiger partial charge in [0.05, 0.1) is 18.1 Å². The number of tetrazole rings is 1.